The number of anilines is 1. The van der Waals surface area contributed by atoms with Gasteiger partial charge in [-0.05, 0) is 6.07 Å². The van der Waals surface area contributed by atoms with Crippen LogP contribution in [-0.4, -0.2) is 37.4 Å². The van der Waals surface area contributed by atoms with Gasteiger partial charge in [-0.2, -0.15) is 10.1 Å². The first-order valence-electron chi connectivity index (χ1n) is 5.41. The molecule has 7 heteroatoms. The van der Waals surface area contributed by atoms with Gasteiger partial charge in [0.1, 0.15) is 12.9 Å². The average Bonchev–Trinajstić information content (AvgIpc) is 2.82. The second-order valence-electron chi connectivity index (χ2n) is 3.54. The molecule has 7 nitrogen and oxygen atoms in total. The van der Waals surface area contributed by atoms with Crippen LogP contribution >= 0.6 is 0 Å². The number of carbonyl (C=O) groups is 1. The van der Waals surface area contributed by atoms with Crippen molar-refractivity contribution in [2.45, 2.75) is 0 Å². The Morgan fingerprint density at radius 2 is 2.42 bits per heavy atom. The smallest absolute Gasteiger partial charge is 0.259 e. The fraction of sp³-hybridized carbons (Fsp3) is 0.167. The molecule has 0 saturated carbocycles. The maximum Gasteiger partial charge on any atom is 0.259 e. The molecular weight excluding hydrogens is 246 g/mol. The first-order chi connectivity index (χ1) is 9.22. The molecule has 0 spiro atoms. The van der Waals surface area contributed by atoms with Crippen molar-refractivity contribution in [3.63, 3.8) is 0 Å². The van der Waals surface area contributed by atoms with Crippen LogP contribution in [0.2, 0.25) is 0 Å². The third-order valence-electron chi connectivity index (χ3n) is 2.30. The van der Waals surface area contributed by atoms with E-state index >= 15 is 0 Å². The van der Waals surface area contributed by atoms with Crippen LogP contribution in [-0.2, 0) is 7.05 Å². The van der Waals surface area contributed by atoms with E-state index in [0.717, 1.165) is 0 Å². The first-order valence-corrected chi connectivity index (χ1v) is 5.41. The van der Waals surface area contributed by atoms with E-state index in [9.17, 15) is 4.79 Å². The minimum absolute atomic E-state index is 0.279. The highest BCUT2D eigenvalue weighted by Gasteiger charge is 2.12. The van der Waals surface area contributed by atoms with Crippen LogP contribution in [0.15, 0.2) is 24.8 Å². The molecule has 0 saturated heterocycles. The number of nitrogens with one attached hydrogen (secondary N) is 1. The van der Waals surface area contributed by atoms with E-state index < -0.39 is 0 Å². The van der Waals surface area contributed by atoms with Crippen LogP contribution in [0.4, 0.5) is 5.95 Å². The van der Waals surface area contributed by atoms with Crippen molar-refractivity contribution in [3.05, 3.63) is 35.9 Å². The van der Waals surface area contributed by atoms with Gasteiger partial charge >= 0.3 is 0 Å². The van der Waals surface area contributed by atoms with Crippen LogP contribution in [0.5, 0.6) is 0 Å². The van der Waals surface area contributed by atoms with Gasteiger partial charge in [0, 0.05) is 19.4 Å². The van der Waals surface area contributed by atoms with Crippen LogP contribution in [0, 0.1) is 11.8 Å². The number of nitrogens with zero attached hydrogens (tertiary/aromatic N) is 4. The van der Waals surface area contributed by atoms with Crippen LogP contribution in [0.1, 0.15) is 15.9 Å². The van der Waals surface area contributed by atoms with E-state index in [1.54, 1.807) is 13.1 Å². The molecule has 0 bridgehead atoms. The molecule has 96 valence electrons. The van der Waals surface area contributed by atoms with Crippen LogP contribution < -0.4 is 5.32 Å². The Morgan fingerprint density at radius 3 is 3.11 bits per heavy atom. The Hall–Kier alpha value is -2.72. The molecule has 2 heterocycles. The predicted octanol–water partition coefficient (Wildman–Crippen LogP) is -0.194. The van der Waals surface area contributed by atoms with Gasteiger partial charge < -0.3 is 5.11 Å². The minimum Gasteiger partial charge on any atom is -0.384 e. The van der Waals surface area contributed by atoms with Crippen molar-refractivity contribution < 1.29 is 9.90 Å². The second kappa shape index (κ2) is 5.75. The third-order valence-corrected chi connectivity index (χ3v) is 2.30. The van der Waals surface area contributed by atoms with Crippen LogP contribution in [0.25, 0.3) is 0 Å². The monoisotopic (exact) mass is 257 g/mol. The number of carbonyl (C=O) groups excluding carboxylic acids is 1. The highest BCUT2D eigenvalue weighted by atomic mass is 16.2. The summed E-state index contributed by atoms with van der Waals surface area (Å²) < 4.78 is 1.44. The van der Waals surface area contributed by atoms with Crippen molar-refractivity contribution in [1.82, 2.24) is 19.7 Å². The van der Waals surface area contributed by atoms with Crippen molar-refractivity contribution in [2.75, 3.05) is 11.9 Å². The summed E-state index contributed by atoms with van der Waals surface area (Å²) in [6, 6.07) is 1.55. The number of amides is 1. The minimum atomic E-state index is -0.360. The van der Waals surface area contributed by atoms with Gasteiger partial charge in [-0.1, -0.05) is 11.8 Å². The number of rotatable bonds is 2. The SMILES string of the molecule is Cn1ncnc1NC(=O)c1ccncc1C#CCO. The molecule has 2 N–H and O–H groups in total. The molecule has 0 fully saturated rings. The lowest BCUT2D eigenvalue weighted by Crippen LogP contribution is -2.16. The average molecular weight is 257 g/mol. The van der Waals surface area contributed by atoms with Gasteiger partial charge in [0.2, 0.25) is 5.95 Å². The normalized spacial score (nSPS) is 9.58. The van der Waals surface area contributed by atoms with Crippen molar-refractivity contribution in [3.8, 4) is 11.8 Å². The standard InChI is InChI=1S/C12H11N5O2/c1-17-12(14-8-15-17)16-11(19)10-4-5-13-7-9(10)3-2-6-18/h4-5,7-8,18H,6H2,1H3,(H,14,15,16,19). The molecule has 1 amide bonds. The zero-order valence-electron chi connectivity index (χ0n) is 10.2. The molecule has 0 aliphatic carbocycles. The number of pyridine rings is 1. The van der Waals surface area contributed by atoms with Gasteiger partial charge in [-0.3, -0.25) is 15.1 Å². The third kappa shape index (κ3) is 2.94. The van der Waals surface area contributed by atoms with E-state index in [0.29, 0.717) is 17.1 Å². The topological polar surface area (TPSA) is 92.9 Å². The zero-order chi connectivity index (χ0) is 13.7. The Kier molecular flexibility index (Phi) is 3.85. The molecule has 2 aromatic heterocycles. The first kappa shape index (κ1) is 12.7. The van der Waals surface area contributed by atoms with E-state index in [1.165, 1.54) is 23.4 Å². The number of aliphatic hydroxyl groups is 1. The number of hydrogen-bond acceptors (Lipinski definition) is 5. The molecule has 0 aromatic carbocycles. The lowest BCUT2D eigenvalue weighted by Gasteiger charge is -2.05. The van der Waals surface area contributed by atoms with E-state index in [4.69, 9.17) is 5.11 Å². The van der Waals surface area contributed by atoms with Crippen molar-refractivity contribution >= 4 is 11.9 Å². The Bertz CT molecular complexity index is 653. The quantitative estimate of drug-likeness (QED) is 0.727. The maximum atomic E-state index is 12.1. The summed E-state index contributed by atoms with van der Waals surface area (Å²) in [7, 11) is 1.67. The fourth-order valence-corrected chi connectivity index (χ4v) is 1.41. The second-order valence-corrected chi connectivity index (χ2v) is 3.54. The van der Waals surface area contributed by atoms with Gasteiger partial charge in [0.15, 0.2) is 0 Å². The Balaban J connectivity index is 2.26. The van der Waals surface area contributed by atoms with E-state index in [1.807, 2.05) is 0 Å². The number of aliphatic hydroxyl groups excluding tert-OH is 1. The van der Waals surface area contributed by atoms with Crippen LogP contribution in [0.3, 0.4) is 0 Å². The van der Waals surface area contributed by atoms with Gasteiger partial charge in [-0.15, -0.1) is 0 Å². The lowest BCUT2D eigenvalue weighted by molar-refractivity contribution is 0.102. The summed E-state index contributed by atoms with van der Waals surface area (Å²) in [6.07, 6.45) is 4.30. The number of aromatic nitrogens is 4. The fourth-order valence-electron chi connectivity index (χ4n) is 1.41. The summed E-state index contributed by atoms with van der Waals surface area (Å²) in [6.45, 7) is -0.279. The van der Waals surface area contributed by atoms with Gasteiger partial charge in [0.05, 0.1) is 11.1 Å². The van der Waals surface area contributed by atoms with Gasteiger partial charge in [0.25, 0.3) is 5.91 Å². The molecule has 0 aliphatic rings. The molecule has 0 unspecified atom stereocenters. The molecule has 0 radical (unpaired) electrons. The van der Waals surface area contributed by atoms with Crippen molar-refractivity contribution in [1.29, 1.82) is 0 Å². The molecule has 0 aliphatic heterocycles. The summed E-state index contributed by atoms with van der Waals surface area (Å²) >= 11 is 0. The summed E-state index contributed by atoms with van der Waals surface area (Å²) in [4.78, 5) is 19.9. The molecule has 0 atom stereocenters. The summed E-state index contributed by atoms with van der Waals surface area (Å²) in [5.41, 5.74) is 0.801. The molecular formula is C12H11N5O2. The maximum absolute atomic E-state index is 12.1. The largest absolute Gasteiger partial charge is 0.384 e. The Morgan fingerprint density at radius 1 is 1.58 bits per heavy atom. The highest BCUT2D eigenvalue weighted by molar-refractivity contribution is 6.05. The molecule has 19 heavy (non-hydrogen) atoms. The predicted molar refractivity (Wildman–Crippen MR) is 67.2 cm³/mol. The highest BCUT2D eigenvalue weighted by Crippen LogP contribution is 2.08. The lowest BCUT2D eigenvalue weighted by atomic mass is 10.1. The van der Waals surface area contributed by atoms with Gasteiger partial charge in [-0.25, -0.2) is 4.68 Å². The summed E-state index contributed by atoms with van der Waals surface area (Å²) in [5.74, 6) is 5.13. The zero-order valence-corrected chi connectivity index (χ0v) is 10.2. The summed E-state index contributed by atoms with van der Waals surface area (Å²) in [5, 5.41) is 15.2. The number of aryl methyl sites for hydroxylation is 1. The van der Waals surface area contributed by atoms with Crippen molar-refractivity contribution in [2.24, 2.45) is 7.05 Å². The number of hydrogen-bond donors (Lipinski definition) is 2. The Labute approximate surface area is 109 Å². The molecule has 2 aromatic rings. The van der Waals surface area contributed by atoms with E-state index in [2.05, 4.69) is 32.2 Å². The molecule has 2 rings (SSSR count). The van der Waals surface area contributed by atoms with E-state index in [-0.39, 0.29) is 12.5 Å².